The van der Waals surface area contributed by atoms with Gasteiger partial charge in [0.25, 0.3) is 0 Å². The fourth-order valence-corrected chi connectivity index (χ4v) is 2.56. The van der Waals surface area contributed by atoms with Crippen LogP contribution in [0.4, 0.5) is 8.78 Å². The second-order valence-electron chi connectivity index (χ2n) is 4.89. The molecule has 0 aliphatic rings. The van der Waals surface area contributed by atoms with Crippen LogP contribution in [0.15, 0.2) is 57.7 Å². The van der Waals surface area contributed by atoms with E-state index in [0.717, 1.165) is 5.39 Å². The van der Waals surface area contributed by atoms with E-state index in [-0.39, 0.29) is 27.8 Å². The fourth-order valence-electron chi connectivity index (χ4n) is 2.56. The van der Waals surface area contributed by atoms with Crippen molar-refractivity contribution in [1.82, 2.24) is 0 Å². The van der Waals surface area contributed by atoms with E-state index >= 15 is 0 Å². The van der Waals surface area contributed by atoms with Crippen LogP contribution >= 0.6 is 0 Å². The first-order valence-electron chi connectivity index (χ1n) is 6.38. The molecule has 2 nitrogen and oxygen atoms in total. The zero-order chi connectivity index (χ0) is 14.6. The number of hydrogen-bond acceptors (Lipinski definition) is 2. The fraction of sp³-hybridized carbons (Fsp3) is 0. The standard InChI is InChI=1S/C17H8F2O2/c18-11-5-4-9-8-15-13(7-10(9)6-11)16(20)12-2-1-3-14(19)17(12)21-15/h1-8H. The molecule has 4 rings (SSSR count). The van der Waals surface area contributed by atoms with Crippen LogP contribution in [0.1, 0.15) is 0 Å². The molecule has 0 aliphatic heterocycles. The van der Waals surface area contributed by atoms with Crippen molar-refractivity contribution in [3.05, 3.63) is 70.4 Å². The third-order valence-electron chi connectivity index (χ3n) is 3.57. The van der Waals surface area contributed by atoms with E-state index in [2.05, 4.69) is 0 Å². The van der Waals surface area contributed by atoms with Crippen molar-refractivity contribution in [2.75, 3.05) is 0 Å². The molecular weight excluding hydrogens is 274 g/mol. The summed E-state index contributed by atoms with van der Waals surface area (Å²) in [4.78, 5) is 12.4. The molecule has 1 aromatic heterocycles. The second-order valence-corrected chi connectivity index (χ2v) is 4.89. The lowest BCUT2D eigenvalue weighted by Crippen LogP contribution is -2.03. The number of hydrogen-bond donors (Lipinski definition) is 0. The highest BCUT2D eigenvalue weighted by atomic mass is 19.1. The minimum atomic E-state index is -0.578. The maximum atomic E-state index is 13.8. The van der Waals surface area contributed by atoms with Crippen LogP contribution in [0, 0.1) is 11.6 Å². The van der Waals surface area contributed by atoms with Crippen molar-refractivity contribution >= 4 is 32.7 Å². The lowest BCUT2D eigenvalue weighted by atomic mass is 10.1. The van der Waals surface area contributed by atoms with Crippen LogP contribution in [0.2, 0.25) is 0 Å². The van der Waals surface area contributed by atoms with Gasteiger partial charge in [-0.25, -0.2) is 8.78 Å². The van der Waals surface area contributed by atoms with E-state index in [4.69, 9.17) is 4.42 Å². The van der Waals surface area contributed by atoms with Crippen LogP contribution in [0.5, 0.6) is 0 Å². The molecule has 0 bridgehead atoms. The monoisotopic (exact) mass is 282 g/mol. The molecule has 4 heteroatoms. The Kier molecular flexibility index (Phi) is 2.36. The molecular formula is C17H8F2O2. The highest BCUT2D eigenvalue weighted by Gasteiger charge is 2.12. The Hall–Kier alpha value is -2.75. The summed E-state index contributed by atoms with van der Waals surface area (Å²) in [5.41, 5.74) is -0.0925. The molecule has 21 heavy (non-hydrogen) atoms. The number of rotatable bonds is 0. The van der Waals surface area contributed by atoms with Gasteiger partial charge in [0.1, 0.15) is 11.4 Å². The zero-order valence-electron chi connectivity index (χ0n) is 10.7. The summed E-state index contributed by atoms with van der Waals surface area (Å²) in [5, 5.41) is 1.82. The van der Waals surface area contributed by atoms with Gasteiger partial charge in [0.15, 0.2) is 11.4 Å². The Balaban J connectivity index is 2.26. The molecule has 0 atom stereocenters. The Labute approximate surface area is 117 Å². The third kappa shape index (κ3) is 1.72. The molecule has 0 spiro atoms. The minimum Gasteiger partial charge on any atom is -0.453 e. The highest BCUT2D eigenvalue weighted by Crippen LogP contribution is 2.25. The first-order chi connectivity index (χ1) is 10.1. The summed E-state index contributed by atoms with van der Waals surface area (Å²) in [6, 6.07) is 11.7. The molecule has 0 fully saturated rings. The zero-order valence-corrected chi connectivity index (χ0v) is 10.7. The summed E-state index contributed by atoms with van der Waals surface area (Å²) in [7, 11) is 0. The van der Waals surface area contributed by atoms with Gasteiger partial charge >= 0.3 is 0 Å². The van der Waals surface area contributed by atoms with Gasteiger partial charge in [-0.15, -0.1) is 0 Å². The molecule has 0 radical (unpaired) electrons. The van der Waals surface area contributed by atoms with Crippen LogP contribution < -0.4 is 5.43 Å². The van der Waals surface area contributed by atoms with Crippen molar-refractivity contribution in [2.45, 2.75) is 0 Å². The van der Waals surface area contributed by atoms with Crippen molar-refractivity contribution in [1.29, 1.82) is 0 Å². The quantitative estimate of drug-likeness (QED) is 0.448. The van der Waals surface area contributed by atoms with Gasteiger partial charge in [0, 0.05) is 0 Å². The SMILES string of the molecule is O=c1c2cc3cc(F)ccc3cc2oc2c(F)cccc12. The Bertz CT molecular complexity index is 1080. The van der Waals surface area contributed by atoms with E-state index in [1.807, 2.05) is 0 Å². The lowest BCUT2D eigenvalue weighted by Gasteiger charge is -2.04. The van der Waals surface area contributed by atoms with Crippen molar-refractivity contribution < 1.29 is 13.2 Å². The van der Waals surface area contributed by atoms with E-state index in [0.29, 0.717) is 10.8 Å². The average molecular weight is 282 g/mol. The normalized spacial score (nSPS) is 11.5. The minimum absolute atomic E-state index is 0.0588. The highest BCUT2D eigenvalue weighted by molar-refractivity contribution is 5.99. The number of halogens is 2. The summed E-state index contributed by atoms with van der Waals surface area (Å²) in [6.45, 7) is 0. The van der Waals surface area contributed by atoms with Crippen LogP contribution in [-0.4, -0.2) is 0 Å². The van der Waals surface area contributed by atoms with E-state index in [9.17, 15) is 13.6 Å². The Morgan fingerprint density at radius 2 is 1.71 bits per heavy atom. The molecule has 0 amide bonds. The van der Waals surface area contributed by atoms with E-state index in [1.54, 1.807) is 18.2 Å². The summed E-state index contributed by atoms with van der Waals surface area (Å²) in [5.74, 6) is -0.955. The maximum Gasteiger partial charge on any atom is 0.200 e. The van der Waals surface area contributed by atoms with Gasteiger partial charge in [0.05, 0.1) is 10.8 Å². The molecule has 0 aliphatic carbocycles. The van der Waals surface area contributed by atoms with E-state index < -0.39 is 5.82 Å². The molecule has 3 aromatic carbocycles. The Morgan fingerprint density at radius 1 is 0.857 bits per heavy atom. The van der Waals surface area contributed by atoms with Gasteiger partial charge < -0.3 is 4.42 Å². The molecule has 0 N–H and O–H groups in total. The summed E-state index contributed by atoms with van der Waals surface area (Å²) in [6.07, 6.45) is 0. The van der Waals surface area contributed by atoms with Gasteiger partial charge in [-0.3, -0.25) is 4.79 Å². The number of fused-ring (bicyclic) bond motifs is 3. The summed E-state index contributed by atoms with van der Waals surface area (Å²) < 4.78 is 32.6. The smallest absolute Gasteiger partial charge is 0.200 e. The maximum absolute atomic E-state index is 13.8. The lowest BCUT2D eigenvalue weighted by molar-refractivity contribution is 0.579. The number of para-hydroxylation sites is 1. The molecule has 1 heterocycles. The van der Waals surface area contributed by atoms with Crippen LogP contribution in [0.3, 0.4) is 0 Å². The van der Waals surface area contributed by atoms with Gasteiger partial charge in [-0.05, 0) is 47.2 Å². The first-order valence-corrected chi connectivity index (χ1v) is 6.38. The van der Waals surface area contributed by atoms with Crippen molar-refractivity contribution in [2.24, 2.45) is 0 Å². The molecule has 4 aromatic rings. The first kappa shape index (κ1) is 12.0. The second kappa shape index (κ2) is 4.12. The topological polar surface area (TPSA) is 30.2 Å². The molecule has 0 saturated heterocycles. The van der Waals surface area contributed by atoms with E-state index in [1.165, 1.54) is 30.3 Å². The van der Waals surface area contributed by atoms with Crippen molar-refractivity contribution in [3.63, 3.8) is 0 Å². The molecule has 102 valence electrons. The van der Waals surface area contributed by atoms with Gasteiger partial charge in [-0.1, -0.05) is 12.1 Å². The summed E-state index contributed by atoms with van der Waals surface area (Å²) >= 11 is 0. The average Bonchev–Trinajstić information content (AvgIpc) is 2.47. The van der Waals surface area contributed by atoms with Gasteiger partial charge in [0.2, 0.25) is 5.43 Å². The predicted octanol–water partition coefficient (Wildman–Crippen LogP) is 4.38. The predicted molar refractivity (Wildman–Crippen MR) is 77.4 cm³/mol. The Morgan fingerprint density at radius 3 is 2.57 bits per heavy atom. The number of benzene rings is 3. The van der Waals surface area contributed by atoms with Crippen LogP contribution in [-0.2, 0) is 0 Å². The molecule has 0 unspecified atom stereocenters. The van der Waals surface area contributed by atoms with Crippen molar-refractivity contribution in [3.8, 4) is 0 Å². The largest absolute Gasteiger partial charge is 0.453 e. The van der Waals surface area contributed by atoms with Gasteiger partial charge in [-0.2, -0.15) is 0 Å². The van der Waals surface area contributed by atoms with Crippen LogP contribution in [0.25, 0.3) is 32.7 Å². The molecule has 0 saturated carbocycles. The third-order valence-corrected chi connectivity index (χ3v) is 3.57.